The monoisotopic (exact) mass is 279 g/mol. The molecule has 0 atom stereocenters. The maximum atomic E-state index is 5.52. The van der Waals surface area contributed by atoms with E-state index in [9.17, 15) is 0 Å². The fraction of sp³-hybridized carbons (Fsp3) is 0.625. The topological polar surface area (TPSA) is 21.3 Å². The molecule has 3 heteroatoms. The molecule has 1 aromatic rings. The Bertz CT molecular complexity index is 343. The second-order valence-electron chi connectivity index (χ2n) is 6.09. The summed E-state index contributed by atoms with van der Waals surface area (Å²) in [6.07, 6.45) is 2.37. The van der Waals surface area contributed by atoms with Crippen molar-refractivity contribution in [1.82, 2.24) is 5.32 Å². The van der Waals surface area contributed by atoms with Crippen molar-refractivity contribution in [3.63, 3.8) is 0 Å². The van der Waals surface area contributed by atoms with Gasteiger partial charge in [0.2, 0.25) is 0 Å². The first-order valence-electron chi connectivity index (χ1n) is 7.42. The average molecular weight is 279 g/mol. The van der Waals surface area contributed by atoms with Crippen molar-refractivity contribution in [2.45, 2.75) is 46.0 Å². The van der Waals surface area contributed by atoms with Crippen molar-refractivity contribution in [3.8, 4) is 0 Å². The molecule has 0 spiro atoms. The van der Waals surface area contributed by atoms with Crippen LogP contribution in [0.4, 0.5) is 0 Å². The third kappa shape index (κ3) is 6.90. The Kier molecular flexibility index (Phi) is 7.35. The van der Waals surface area contributed by atoms with Crippen LogP contribution in [0.25, 0.3) is 0 Å². The Hall–Kier alpha value is -0.643. The number of hydrogen-bond donors (Lipinski definition) is 1. The summed E-state index contributed by atoms with van der Waals surface area (Å²) in [4.78, 5) is 0. The van der Waals surface area contributed by atoms with E-state index < -0.39 is 8.07 Å². The second-order valence-corrected chi connectivity index (χ2v) is 11.2. The summed E-state index contributed by atoms with van der Waals surface area (Å²) in [6.45, 7) is 12.9. The molecule has 108 valence electrons. The normalized spacial score (nSPS) is 11.8. The van der Waals surface area contributed by atoms with Gasteiger partial charge in [0.05, 0.1) is 14.7 Å². The number of benzene rings is 1. The number of hydrogen-bond acceptors (Lipinski definition) is 2. The highest BCUT2D eigenvalue weighted by atomic mass is 28.3. The van der Waals surface area contributed by atoms with Crippen molar-refractivity contribution in [3.05, 3.63) is 29.8 Å². The Morgan fingerprint density at radius 3 is 2.32 bits per heavy atom. The van der Waals surface area contributed by atoms with Crippen molar-refractivity contribution >= 4 is 13.3 Å². The van der Waals surface area contributed by atoms with Crippen molar-refractivity contribution < 1.29 is 4.74 Å². The van der Waals surface area contributed by atoms with E-state index in [2.05, 4.69) is 56.1 Å². The van der Waals surface area contributed by atoms with Crippen LogP contribution in [-0.2, 0) is 11.3 Å². The molecule has 2 nitrogen and oxygen atoms in total. The third-order valence-corrected chi connectivity index (χ3v) is 5.28. The minimum atomic E-state index is -1.15. The highest BCUT2D eigenvalue weighted by molar-refractivity contribution is 6.88. The molecular weight excluding hydrogens is 250 g/mol. The van der Waals surface area contributed by atoms with Crippen molar-refractivity contribution in [2.75, 3.05) is 19.8 Å². The first kappa shape index (κ1) is 16.4. The average Bonchev–Trinajstić information content (AvgIpc) is 2.37. The smallest absolute Gasteiger partial charge is 0.0775 e. The van der Waals surface area contributed by atoms with E-state index in [1.54, 1.807) is 0 Å². The fourth-order valence-electron chi connectivity index (χ4n) is 1.85. The van der Waals surface area contributed by atoms with Crippen LogP contribution in [0.15, 0.2) is 24.3 Å². The molecule has 0 amide bonds. The SMILES string of the molecule is CCCCOCCNCc1ccc([Si](C)(C)C)cc1. The minimum absolute atomic E-state index is 0.812. The minimum Gasteiger partial charge on any atom is -0.380 e. The lowest BCUT2D eigenvalue weighted by atomic mass is 10.2. The van der Waals surface area contributed by atoms with Gasteiger partial charge in [-0.1, -0.05) is 62.4 Å². The Morgan fingerprint density at radius 1 is 1.05 bits per heavy atom. The third-order valence-electron chi connectivity index (χ3n) is 3.21. The molecule has 0 radical (unpaired) electrons. The van der Waals surface area contributed by atoms with E-state index in [-0.39, 0.29) is 0 Å². The van der Waals surface area contributed by atoms with Gasteiger partial charge < -0.3 is 10.1 Å². The van der Waals surface area contributed by atoms with Crippen LogP contribution in [-0.4, -0.2) is 27.8 Å². The van der Waals surface area contributed by atoms with Gasteiger partial charge in [0, 0.05) is 19.7 Å². The lowest BCUT2D eigenvalue weighted by molar-refractivity contribution is 0.133. The van der Waals surface area contributed by atoms with Gasteiger partial charge in [0.1, 0.15) is 0 Å². The lowest BCUT2D eigenvalue weighted by Crippen LogP contribution is -2.37. The molecule has 0 aliphatic carbocycles. The molecule has 19 heavy (non-hydrogen) atoms. The van der Waals surface area contributed by atoms with E-state index in [1.165, 1.54) is 17.2 Å². The number of unbranched alkanes of at least 4 members (excludes halogenated alkanes) is 1. The van der Waals surface area contributed by atoms with Crippen molar-refractivity contribution in [2.24, 2.45) is 0 Å². The predicted octanol–water partition coefficient (Wildman–Crippen LogP) is 3.14. The molecule has 0 aliphatic rings. The quantitative estimate of drug-likeness (QED) is 0.554. The van der Waals surface area contributed by atoms with E-state index >= 15 is 0 Å². The molecule has 0 aliphatic heterocycles. The standard InChI is InChI=1S/C16H29NOSi/c1-5-6-12-18-13-11-17-14-15-7-9-16(10-8-15)19(2,3)4/h7-10,17H,5-6,11-14H2,1-4H3. The molecule has 1 rings (SSSR count). The van der Waals surface area contributed by atoms with Gasteiger partial charge in [-0.2, -0.15) is 0 Å². The zero-order chi connectivity index (χ0) is 14.1. The number of nitrogens with one attached hydrogen (secondary N) is 1. The first-order valence-corrected chi connectivity index (χ1v) is 10.9. The van der Waals surface area contributed by atoms with E-state index in [4.69, 9.17) is 4.74 Å². The Balaban J connectivity index is 2.20. The van der Waals surface area contributed by atoms with Gasteiger partial charge in [-0.05, 0) is 12.0 Å². The van der Waals surface area contributed by atoms with Gasteiger partial charge >= 0.3 is 0 Å². The van der Waals surface area contributed by atoms with E-state index in [0.717, 1.165) is 32.7 Å². The van der Waals surface area contributed by atoms with Crippen LogP contribution in [0.1, 0.15) is 25.3 Å². The highest BCUT2D eigenvalue weighted by Crippen LogP contribution is 2.04. The molecule has 0 heterocycles. The maximum Gasteiger partial charge on any atom is 0.0775 e. The Labute approximate surface area is 119 Å². The summed E-state index contributed by atoms with van der Waals surface area (Å²) in [7, 11) is -1.15. The van der Waals surface area contributed by atoms with Gasteiger partial charge in [0.15, 0.2) is 0 Å². The second kappa shape index (κ2) is 8.51. The van der Waals surface area contributed by atoms with Crippen LogP contribution in [0.3, 0.4) is 0 Å². The fourth-order valence-corrected chi connectivity index (χ4v) is 3.01. The summed E-state index contributed by atoms with van der Waals surface area (Å²) in [5.74, 6) is 0. The Morgan fingerprint density at radius 2 is 1.74 bits per heavy atom. The first-order chi connectivity index (χ1) is 9.04. The number of rotatable bonds is 9. The van der Waals surface area contributed by atoms with Crippen LogP contribution in [0.2, 0.25) is 19.6 Å². The largest absolute Gasteiger partial charge is 0.380 e. The van der Waals surface area contributed by atoms with Crippen LogP contribution in [0, 0.1) is 0 Å². The van der Waals surface area contributed by atoms with Gasteiger partial charge in [-0.15, -0.1) is 0 Å². The van der Waals surface area contributed by atoms with E-state index in [0.29, 0.717) is 0 Å². The summed E-state index contributed by atoms with van der Waals surface area (Å²) < 4.78 is 5.52. The van der Waals surface area contributed by atoms with Crippen LogP contribution < -0.4 is 10.5 Å². The molecule has 1 N–H and O–H groups in total. The zero-order valence-corrected chi connectivity index (χ0v) is 14.0. The maximum absolute atomic E-state index is 5.52. The van der Waals surface area contributed by atoms with Crippen LogP contribution >= 0.6 is 0 Å². The molecule has 0 saturated carbocycles. The van der Waals surface area contributed by atoms with Gasteiger partial charge in [-0.3, -0.25) is 0 Å². The molecule has 0 fully saturated rings. The highest BCUT2D eigenvalue weighted by Gasteiger charge is 2.15. The van der Waals surface area contributed by atoms with Gasteiger partial charge in [0.25, 0.3) is 0 Å². The molecular formula is C16H29NOSi. The summed E-state index contributed by atoms with van der Waals surface area (Å²) in [5.41, 5.74) is 1.36. The van der Waals surface area contributed by atoms with Crippen LogP contribution in [0.5, 0.6) is 0 Å². The van der Waals surface area contributed by atoms with Crippen molar-refractivity contribution in [1.29, 1.82) is 0 Å². The number of ether oxygens (including phenoxy) is 1. The summed E-state index contributed by atoms with van der Waals surface area (Å²) in [6, 6.07) is 9.08. The summed E-state index contributed by atoms with van der Waals surface area (Å²) in [5, 5.41) is 4.95. The lowest BCUT2D eigenvalue weighted by Gasteiger charge is -2.16. The van der Waals surface area contributed by atoms with Gasteiger partial charge in [-0.25, -0.2) is 0 Å². The predicted molar refractivity (Wildman–Crippen MR) is 86.9 cm³/mol. The summed E-state index contributed by atoms with van der Waals surface area (Å²) >= 11 is 0. The van der Waals surface area contributed by atoms with E-state index in [1.807, 2.05) is 0 Å². The molecule has 1 aromatic carbocycles. The zero-order valence-electron chi connectivity index (χ0n) is 13.0. The molecule has 0 aromatic heterocycles. The molecule has 0 saturated heterocycles. The molecule has 0 unspecified atom stereocenters. The molecule has 0 bridgehead atoms.